The Bertz CT molecular complexity index is 711. The normalized spacial score (nSPS) is 10.4. The van der Waals surface area contributed by atoms with Gasteiger partial charge in [0.05, 0.1) is 7.11 Å². The molecule has 0 heterocycles. The third-order valence-electron chi connectivity index (χ3n) is 4.05. The van der Waals surface area contributed by atoms with Gasteiger partial charge in [0.1, 0.15) is 5.75 Å². The number of amides is 1. The third kappa shape index (κ3) is 5.91. The van der Waals surface area contributed by atoms with Gasteiger partial charge in [-0.25, -0.2) is 0 Å². The fourth-order valence-electron chi connectivity index (χ4n) is 2.41. The topological polar surface area (TPSA) is 46.6 Å². The molecular weight excluding hydrogens is 338 g/mol. The second kappa shape index (κ2) is 9.23. The maximum absolute atomic E-state index is 12.2. The number of benzene rings is 2. The lowest BCUT2D eigenvalue weighted by molar-refractivity contribution is -0.129. The number of halogens is 1. The molecular formula is C20H22ClNO3. The summed E-state index contributed by atoms with van der Waals surface area (Å²) in [6.07, 6.45) is 1.17. The average Bonchev–Trinajstić information content (AvgIpc) is 2.64. The first-order valence-corrected chi connectivity index (χ1v) is 8.53. The maximum atomic E-state index is 12.2. The Hall–Kier alpha value is -2.33. The number of ketones is 1. The van der Waals surface area contributed by atoms with Gasteiger partial charge in [0.15, 0.2) is 5.78 Å². The van der Waals surface area contributed by atoms with Crippen molar-refractivity contribution in [2.75, 3.05) is 20.7 Å². The minimum atomic E-state index is -0.0476. The molecule has 1 amide bonds. The van der Waals surface area contributed by atoms with Crippen LogP contribution in [0.15, 0.2) is 48.5 Å². The Balaban J connectivity index is 1.77. The number of hydrogen-bond donors (Lipinski definition) is 0. The van der Waals surface area contributed by atoms with Crippen molar-refractivity contribution in [3.63, 3.8) is 0 Å². The quantitative estimate of drug-likeness (QED) is 0.669. The fourth-order valence-corrected chi connectivity index (χ4v) is 2.53. The van der Waals surface area contributed by atoms with Gasteiger partial charge in [0.2, 0.25) is 5.91 Å². The summed E-state index contributed by atoms with van der Waals surface area (Å²) in [4.78, 5) is 26.0. The summed E-state index contributed by atoms with van der Waals surface area (Å²) in [7, 11) is 3.39. The second-order valence-electron chi connectivity index (χ2n) is 5.84. The van der Waals surface area contributed by atoms with Crippen LogP contribution in [0.4, 0.5) is 0 Å². The van der Waals surface area contributed by atoms with Gasteiger partial charge in [-0.05, 0) is 48.4 Å². The lowest BCUT2D eigenvalue weighted by atomic mass is 10.1. The average molecular weight is 360 g/mol. The second-order valence-corrected chi connectivity index (χ2v) is 6.28. The number of rotatable bonds is 8. The molecule has 0 unspecified atom stereocenters. The number of Topliss-reactive ketones (excluding diaryl/α,β-unsaturated/α-hetero) is 1. The van der Waals surface area contributed by atoms with Crippen molar-refractivity contribution < 1.29 is 14.3 Å². The molecule has 2 aromatic rings. The van der Waals surface area contributed by atoms with Crippen LogP contribution >= 0.6 is 11.6 Å². The van der Waals surface area contributed by atoms with Crippen LogP contribution in [0.5, 0.6) is 5.75 Å². The number of carbonyl (C=O) groups excluding carboxylic acids is 2. The predicted octanol–water partition coefficient (Wildman–Crippen LogP) is 4.01. The molecule has 0 radical (unpaired) electrons. The lowest BCUT2D eigenvalue weighted by Crippen LogP contribution is -2.29. The van der Waals surface area contributed by atoms with Crippen molar-refractivity contribution in [3.8, 4) is 5.75 Å². The van der Waals surface area contributed by atoms with Crippen LogP contribution in [0.25, 0.3) is 0 Å². The van der Waals surface area contributed by atoms with Crippen LogP contribution in [0.2, 0.25) is 5.02 Å². The molecule has 0 spiro atoms. The fraction of sp³-hybridized carbons (Fsp3) is 0.300. The summed E-state index contributed by atoms with van der Waals surface area (Å²) in [6, 6.07) is 14.5. The molecule has 0 bridgehead atoms. The highest BCUT2D eigenvalue weighted by molar-refractivity contribution is 6.30. The van der Waals surface area contributed by atoms with Crippen molar-refractivity contribution >= 4 is 23.3 Å². The van der Waals surface area contributed by atoms with E-state index in [-0.39, 0.29) is 24.5 Å². The Morgan fingerprint density at radius 2 is 1.64 bits per heavy atom. The van der Waals surface area contributed by atoms with Crippen LogP contribution < -0.4 is 4.74 Å². The highest BCUT2D eigenvalue weighted by Gasteiger charge is 2.13. The smallest absolute Gasteiger partial charge is 0.222 e. The van der Waals surface area contributed by atoms with Crippen LogP contribution in [-0.2, 0) is 11.2 Å². The van der Waals surface area contributed by atoms with E-state index in [2.05, 4.69) is 0 Å². The molecule has 2 rings (SSSR count). The number of carbonyl (C=O) groups is 2. The first kappa shape index (κ1) is 19.0. The lowest BCUT2D eigenvalue weighted by Gasteiger charge is -2.17. The van der Waals surface area contributed by atoms with E-state index < -0.39 is 0 Å². The third-order valence-corrected chi connectivity index (χ3v) is 4.30. The Kier molecular flexibility index (Phi) is 7.02. The van der Waals surface area contributed by atoms with E-state index in [9.17, 15) is 9.59 Å². The summed E-state index contributed by atoms with van der Waals surface area (Å²) < 4.78 is 5.13. The van der Waals surface area contributed by atoms with Gasteiger partial charge >= 0.3 is 0 Å². The molecule has 0 N–H and O–H groups in total. The Morgan fingerprint density at radius 3 is 2.24 bits per heavy atom. The van der Waals surface area contributed by atoms with Crippen LogP contribution in [0.1, 0.15) is 28.8 Å². The van der Waals surface area contributed by atoms with Gasteiger partial charge < -0.3 is 9.64 Å². The van der Waals surface area contributed by atoms with Gasteiger partial charge in [-0.2, -0.15) is 0 Å². The monoisotopic (exact) mass is 359 g/mol. The molecule has 0 aliphatic rings. The summed E-state index contributed by atoms with van der Waals surface area (Å²) in [5.74, 6) is 0.735. The summed E-state index contributed by atoms with van der Waals surface area (Å²) in [5.41, 5.74) is 1.72. The van der Waals surface area contributed by atoms with E-state index in [1.165, 1.54) is 0 Å². The van der Waals surface area contributed by atoms with E-state index in [1.54, 1.807) is 43.3 Å². The molecule has 4 nitrogen and oxygen atoms in total. The zero-order valence-corrected chi connectivity index (χ0v) is 15.3. The van der Waals surface area contributed by atoms with Crippen molar-refractivity contribution in [1.29, 1.82) is 0 Å². The highest BCUT2D eigenvalue weighted by Crippen LogP contribution is 2.13. The zero-order chi connectivity index (χ0) is 18.2. The first-order valence-electron chi connectivity index (χ1n) is 8.15. The molecule has 0 aliphatic heterocycles. The molecule has 0 aromatic heterocycles. The van der Waals surface area contributed by atoms with Crippen molar-refractivity contribution in [3.05, 3.63) is 64.7 Å². The van der Waals surface area contributed by atoms with Gasteiger partial charge in [-0.3, -0.25) is 9.59 Å². The maximum Gasteiger partial charge on any atom is 0.222 e. The molecule has 0 saturated carbocycles. The summed E-state index contributed by atoms with van der Waals surface area (Å²) >= 11 is 5.81. The van der Waals surface area contributed by atoms with E-state index in [0.717, 1.165) is 17.7 Å². The molecule has 5 heteroatoms. The van der Waals surface area contributed by atoms with Crippen LogP contribution in [0, 0.1) is 0 Å². The zero-order valence-electron chi connectivity index (χ0n) is 14.5. The van der Waals surface area contributed by atoms with Crippen LogP contribution in [0.3, 0.4) is 0 Å². The minimum absolute atomic E-state index is 0.0316. The number of nitrogens with zero attached hydrogens (tertiary/aromatic N) is 1. The van der Waals surface area contributed by atoms with Gasteiger partial charge in [-0.15, -0.1) is 0 Å². The van der Waals surface area contributed by atoms with Crippen molar-refractivity contribution in [1.82, 2.24) is 4.90 Å². The van der Waals surface area contributed by atoms with E-state index in [1.807, 2.05) is 24.3 Å². The van der Waals surface area contributed by atoms with Gasteiger partial charge in [0, 0.05) is 37.0 Å². The van der Waals surface area contributed by atoms with E-state index in [0.29, 0.717) is 17.1 Å². The number of likely N-dealkylation sites (N-methyl/N-ethyl adjacent to an activating group) is 1. The van der Waals surface area contributed by atoms with Crippen molar-refractivity contribution in [2.24, 2.45) is 0 Å². The minimum Gasteiger partial charge on any atom is -0.497 e. The SMILES string of the molecule is COc1ccc(CCN(C)C(=O)CCC(=O)c2ccc(Cl)cc2)cc1. The Morgan fingerprint density at radius 1 is 1.00 bits per heavy atom. The molecule has 0 aliphatic carbocycles. The largest absolute Gasteiger partial charge is 0.497 e. The highest BCUT2D eigenvalue weighted by atomic mass is 35.5. The molecule has 132 valence electrons. The molecule has 0 fully saturated rings. The molecule has 2 aromatic carbocycles. The molecule has 25 heavy (non-hydrogen) atoms. The number of methoxy groups -OCH3 is 1. The number of hydrogen-bond acceptors (Lipinski definition) is 3. The molecule has 0 saturated heterocycles. The molecule has 0 atom stereocenters. The van der Waals surface area contributed by atoms with E-state index in [4.69, 9.17) is 16.3 Å². The standard InChI is InChI=1S/C20H22ClNO3/c1-22(14-13-15-3-9-18(25-2)10-4-15)20(24)12-11-19(23)16-5-7-17(21)8-6-16/h3-10H,11-14H2,1-2H3. The van der Waals surface area contributed by atoms with Gasteiger partial charge in [-0.1, -0.05) is 23.7 Å². The summed E-state index contributed by atoms with van der Waals surface area (Å²) in [6.45, 7) is 0.611. The van der Waals surface area contributed by atoms with Gasteiger partial charge in [0.25, 0.3) is 0 Å². The predicted molar refractivity (Wildman–Crippen MR) is 99.4 cm³/mol. The van der Waals surface area contributed by atoms with Crippen molar-refractivity contribution in [2.45, 2.75) is 19.3 Å². The number of ether oxygens (including phenoxy) is 1. The Labute approximate surface area is 153 Å². The summed E-state index contributed by atoms with van der Waals surface area (Å²) in [5, 5.41) is 0.589. The van der Waals surface area contributed by atoms with Crippen LogP contribution in [-0.4, -0.2) is 37.3 Å². The van der Waals surface area contributed by atoms with E-state index >= 15 is 0 Å². The first-order chi connectivity index (χ1) is 12.0.